The molecule has 8 atom stereocenters. The number of hydrogen-bond donors (Lipinski definition) is 17. The van der Waals surface area contributed by atoms with Gasteiger partial charge in [0.15, 0.2) is 11.9 Å². The first-order valence-electron chi connectivity index (χ1n) is 24.3. The Kier molecular flexibility index (Phi) is 27.4. The van der Waals surface area contributed by atoms with Crippen LogP contribution in [0.3, 0.4) is 0 Å². The number of carbonyl (C=O) groups excluding carboxylic acids is 7. The number of benzene rings is 2. The number of nitrogens with one attached hydrogen (secondary N) is 7. The zero-order valence-electron chi connectivity index (χ0n) is 42.7. The van der Waals surface area contributed by atoms with Crippen molar-refractivity contribution < 1.29 is 63.9 Å². The Hall–Kier alpha value is -7.78. The zero-order chi connectivity index (χ0) is 56.4. The quantitative estimate of drug-likeness (QED) is 0.0183. The molecule has 7 amide bonds. The topological polar surface area (TPSA) is 477 Å². The zero-order valence-corrected chi connectivity index (χ0v) is 42.7. The van der Waals surface area contributed by atoms with Crippen LogP contribution in [0.25, 0.3) is 0 Å². The number of nitrogens with two attached hydrogens (primary N) is 5. The van der Waals surface area contributed by atoms with Gasteiger partial charge in [-0.15, -0.1) is 0 Å². The second-order valence-electron chi connectivity index (χ2n) is 18.6. The minimum atomic E-state index is -1.69. The van der Waals surface area contributed by atoms with Crippen LogP contribution in [-0.2, 0) is 51.2 Å². The Morgan fingerprint density at radius 2 is 0.773 bits per heavy atom. The number of amides is 7. The van der Waals surface area contributed by atoms with Crippen molar-refractivity contribution in [2.24, 2.45) is 50.5 Å². The number of aliphatic hydroxyl groups is 2. The highest BCUT2D eigenvalue weighted by Gasteiger charge is 2.35. The van der Waals surface area contributed by atoms with Crippen molar-refractivity contribution in [3.63, 3.8) is 0 Å². The van der Waals surface area contributed by atoms with Gasteiger partial charge in [-0.05, 0) is 85.8 Å². The van der Waals surface area contributed by atoms with Crippen molar-refractivity contribution in [1.29, 1.82) is 0 Å². The first kappa shape index (κ1) is 63.3. The van der Waals surface area contributed by atoms with Crippen LogP contribution < -0.4 is 65.9 Å². The van der Waals surface area contributed by atoms with Crippen molar-refractivity contribution in [3.05, 3.63) is 59.7 Å². The van der Waals surface area contributed by atoms with Crippen LogP contribution >= 0.6 is 0 Å². The fraction of sp³-hybridized carbons (Fsp3) is 0.542. The molecular weight excluding hydrogens is 981 g/mol. The molecule has 0 heterocycles. The molecule has 0 aliphatic carbocycles. The predicted octanol–water partition coefficient (Wildman–Crippen LogP) is -4.13. The fourth-order valence-corrected chi connectivity index (χ4v) is 7.31. The second kappa shape index (κ2) is 32.4. The van der Waals surface area contributed by atoms with Gasteiger partial charge in [0.1, 0.15) is 53.8 Å². The summed E-state index contributed by atoms with van der Waals surface area (Å²) < 4.78 is 0. The number of aliphatic imine (C=N–C) groups is 2. The molecule has 416 valence electrons. The number of phenols is 2. The summed E-state index contributed by atoms with van der Waals surface area (Å²) in [4.78, 5) is 117. The monoisotopic (exact) mass is 1060 g/mol. The largest absolute Gasteiger partial charge is 0.508 e. The van der Waals surface area contributed by atoms with E-state index in [1.54, 1.807) is 13.8 Å². The third-order valence-corrected chi connectivity index (χ3v) is 11.2. The van der Waals surface area contributed by atoms with Crippen molar-refractivity contribution >= 4 is 59.2 Å². The summed E-state index contributed by atoms with van der Waals surface area (Å²) in [7, 11) is 0. The summed E-state index contributed by atoms with van der Waals surface area (Å²) in [5.74, 6) is -8.86. The van der Waals surface area contributed by atoms with Gasteiger partial charge < -0.3 is 91.4 Å². The van der Waals surface area contributed by atoms with Crippen LogP contribution in [0.1, 0.15) is 77.3 Å². The van der Waals surface area contributed by atoms with Gasteiger partial charge in [0.25, 0.3) is 0 Å². The van der Waals surface area contributed by atoms with Crippen LogP contribution in [0, 0.1) is 11.8 Å². The predicted molar refractivity (Wildman–Crippen MR) is 276 cm³/mol. The molecule has 27 nitrogen and oxygen atoms in total. The van der Waals surface area contributed by atoms with Crippen molar-refractivity contribution in [1.82, 2.24) is 37.2 Å². The number of aromatic hydroxyl groups is 2. The lowest BCUT2D eigenvalue weighted by Gasteiger charge is -2.28. The minimum Gasteiger partial charge on any atom is -0.508 e. The molecule has 0 spiro atoms. The van der Waals surface area contributed by atoms with Crippen LogP contribution in [0.2, 0.25) is 0 Å². The van der Waals surface area contributed by atoms with Crippen molar-refractivity contribution in [2.45, 2.75) is 127 Å². The van der Waals surface area contributed by atoms with Crippen LogP contribution in [0.5, 0.6) is 11.5 Å². The maximum Gasteiger partial charge on any atom is 0.326 e. The Labute approximate surface area is 434 Å². The molecule has 2 rings (SSSR count). The lowest BCUT2D eigenvalue weighted by molar-refractivity contribution is -0.143. The number of nitrogens with zero attached hydrogens (tertiary/aromatic N) is 2. The summed E-state index contributed by atoms with van der Waals surface area (Å²) >= 11 is 0. The number of rotatable bonds is 33. The number of phenolic OH excluding ortho intramolecular Hbond substituents is 2. The molecule has 0 unspecified atom stereocenters. The lowest BCUT2D eigenvalue weighted by Crippen LogP contribution is -2.61. The number of aliphatic carboxylic acids is 1. The summed E-state index contributed by atoms with van der Waals surface area (Å²) in [6.07, 6.45) is -0.443. The number of guanidine groups is 2. The Balaban J connectivity index is 2.58. The number of hydrogen-bond acceptors (Lipinski definition) is 15. The van der Waals surface area contributed by atoms with Gasteiger partial charge in [-0.3, -0.25) is 43.5 Å². The molecule has 0 aromatic heterocycles. The van der Waals surface area contributed by atoms with Gasteiger partial charge in [0.2, 0.25) is 41.4 Å². The number of aliphatic hydroxyl groups excluding tert-OH is 2. The molecule has 0 aliphatic heterocycles. The van der Waals surface area contributed by atoms with Crippen molar-refractivity contribution in [2.75, 3.05) is 26.3 Å². The van der Waals surface area contributed by atoms with E-state index in [0.29, 0.717) is 11.1 Å². The van der Waals surface area contributed by atoms with Crippen LogP contribution in [0.15, 0.2) is 58.5 Å². The van der Waals surface area contributed by atoms with Gasteiger partial charge in [-0.25, -0.2) is 4.79 Å². The smallest absolute Gasteiger partial charge is 0.326 e. The normalized spacial score (nSPS) is 14.3. The molecule has 27 heteroatoms. The van der Waals surface area contributed by atoms with E-state index < -0.39 is 109 Å². The van der Waals surface area contributed by atoms with Crippen LogP contribution in [0.4, 0.5) is 0 Å². The summed E-state index contributed by atoms with van der Waals surface area (Å²) in [5.41, 5.74) is 28.9. The highest BCUT2D eigenvalue weighted by molar-refractivity contribution is 5.98. The van der Waals surface area contributed by atoms with E-state index in [-0.39, 0.29) is 99.7 Å². The fourth-order valence-electron chi connectivity index (χ4n) is 7.31. The molecule has 2 aromatic carbocycles. The average molecular weight is 1060 g/mol. The van der Waals surface area contributed by atoms with E-state index >= 15 is 0 Å². The van der Waals surface area contributed by atoms with Crippen molar-refractivity contribution in [3.8, 4) is 11.5 Å². The maximum absolute atomic E-state index is 14.4. The average Bonchev–Trinajstić information content (AvgIpc) is 3.33. The second-order valence-corrected chi connectivity index (χ2v) is 18.6. The molecule has 22 N–H and O–H groups in total. The molecule has 75 heavy (non-hydrogen) atoms. The van der Waals surface area contributed by atoms with E-state index in [2.05, 4.69) is 47.2 Å². The van der Waals surface area contributed by atoms with E-state index in [1.807, 2.05) is 13.8 Å². The molecule has 0 bridgehead atoms. The third-order valence-electron chi connectivity index (χ3n) is 11.2. The molecule has 2 aromatic rings. The first-order chi connectivity index (χ1) is 35.3. The number of carbonyl (C=O) groups is 8. The first-order valence-corrected chi connectivity index (χ1v) is 24.3. The van der Waals surface area contributed by atoms with Gasteiger partial charge in [0.05, 0.1) is 19.3 Å². The van der Waals surface area contributed by atoms with E-state index in [1.165, 1.54) is 48.5 Å². The van der Waals surface area contributed by atoms with Crippen LogP contribution in [-0.4, -0.2) is 159 Å². The SMILES string of the molecule is CC(C)C[C@H](NC(=O)[C@H](CO)NC(=O)[C@H](Cc1ccc(O)cc1)NC(=O)[C@H](CCCN=C(N)N)NC(=O)[C@H](CCCN=C(N)N)NC(=O)[C@H](Cc1ccc(O)cc1)NC(=O)[C@H](CO)NC(=O)[C@@H](N)CC(C)C)C(=O)O. The van der Waals surface area contributed by atoms with E-state index in [9.17, 15) is 63.9 Å². The van der Waals surface area contributed by atoms with Gasteiger partial charge in [-0.1, -0.05) is 52.0 Å². The molecule has 0 radical (unpaired) electrons. The Morgan fingerprint density at radius 1 is 0.467 bits per heavy atom. The Morgan fingerprint density at radius 3 is 1.11 bits per heavy atom. The van der Waals surface area contributed by atoms with E-state index in [4.69, 9.17) is 28.7 Å². The lowest BCUT2D eigenvalue weighted by atomic mass is 10.0. The molecule has 0 fully saturated rings. The highest BCUT2D eigenvalue weighted by atomic mass is 16.4. The summed E-state index contributed by atoms with van der Waals surface area (Å²) in [6, 6.07) is -0.529. The molecular formula is C48H76N14O13. The Bertz CT molecular complexity index is 2260. The van der Waals surface area contributed by atoms with E-state index in [0.717, 1.165) is 0 Å². The number of carboxylic acids is 1. The minimum absolute atomic E-state index is 0.0215. The highest BCUT2D eigenvalue weighted by Crippen LogP contribution is 2.15. The van der Waals surface area contributed by atoms with Gasteiger partial charge >= 0.3 is 5.97 Å². The molecule has 0 saturated heterocycles. The maximum atomic E-state index is 14.4. The summed E-state index contributed by atoms with van der Waals surface area (Å²) in [6.45, 7) is 5.22. The number of carboxylic acid groups (broad SMARTS) is 1. The molecule has 0 aliphatic rings. The standard InChI is InChI=1S/C48H76N14O13/c1-25(2)19-31(49)39(67)61-37(23-63)44(72)59-34(21-27-9-13-29(65)14-10-27)42(70)57-32(7-5-17-54-47(50)51)40(68)56-33(8-6-18-55-48(52)53)41(69)58-35(22-28-11-15-30(66)16-12-28)43(71)62-38(24-64)45(73)60-36(46(74)75)20-26(3)4/h9-16,25-26,31-38,63-66H,5-8,17-24,49H2,1-4H3,(H,56,68)(H,57,70)(H,58,69)(H,59,72)(H,60,73)(H,61,67)(H,62,71)(H,74,75)(H4,50,51,54)(H4,52,53,55)/t31-,32-,33-,34-,35-,36-,37-,38-/m0/s1. The van der Waals surface area contributed by atoms with Gasteiger partial charge in [0, 0.05) is 25.9 Å². The third kappa shape index (κ3) is 24.2. The summed E-state index contributed by atoms with van der Waals surface area (Å²) in [5, 5.41) is 67.2. The molecule has 0 saturated carbocycles. The van der Waals surface area contributed by atoms with Gasteiger partial charge in [-0.2, -0.15) is 0 Å².